The van der Waals surface area contributed by atoms with E-state index >= 15 is 0 Å². The normalized spacial score (nSPS) is 15.6. The number of esters is 1. The molecule has 0 fully saturated rings. The van der Waals surface area contributed by atoms with Gasteiger partial charge in [0.25, 0.3) is 0 Å². The van der Waals surface area contributed by atoms with Gasteiger partial charge in [0.05, 0.1) is 12.5 Å². The highest BCUT2D eigenvalue weighted by Gasteiger charge is 2.28. The number of rotatable bonds is 4. The lowest BCUT2D eigenvalue weighted by Gasteiger charge is -2.32. The third-order valence-electron chi connectivity index (χ3n) is 4.14. The Balaban J connectivity index is 1.70. The molecule has 1 aliphatic heterocycles. The molecule has 0 saturated carbocycles. The van der Waals surface area contributed by atoms with Crippen LogP contribution in [0.5, 0.6) is 0 Å². The molecule has 1 heterocycles. The minimum Gasteiger partial charge on any atom is -0.461 e. The molecule has 1 amide bonds. The summed E-state index contributed by atoms with van der Waals surface area (Å²) < 4.78 is 5.37. The molecule has 25 heavy (non-hydrogen) atoms. The lowest BCUT2D eigenvalue weighted by Crippen LogP contribution is -2.32. The minimum absolute atomic E-state index is 0.106. The van der Waals surface area contributed by atoms with E-state index in [1.54, 1.807) is 23.2 Å². The molecule has 1 aliphatic rings. The molecule has 0 bridgehead atoms. The molecule has 0 unspecified atom stereocenters. The van der Waals surface area contributed by atoms with E-state index in [1.807, 2.05) is 42.5 Å². The van der Waals surface area contributed by atoms with Crippen molar-refractivity contribution < 1.29 is 14.3 Å². The second-order valence-electron chi connectivity index (χ2n) is 5.88. The van der Waals surface area contributed by atoms with Gasteiger partial charge in [0.2, 0.25) is 5.91 Å². The molecule has 4 nitrogen and oxygen atoms in total. The molecule has 2 aromatic rings. The fourth-order valence-corrected chi connectivity index (χ4v) is 3.00. The van der Waals surface area contributed by atoms with Crippen molar-refractivity contribution in [2.75, 3.05) is 0 Å². The van der Waals surface area contributed by atoms with E-state index in [0.29, 0.717) is 5.02 Å². The lowest BCUT2D eigenvalue weighted by atomic mass is 9.94. The maximum Gasteiger partial charge on any atom is 0.308 e. The van der Waals surface area contributed by atoms with Gasteiger partial charge in [-0.25, -0.2) is 0 Å². The van der Waals surface area contributed by atoms with Gasteiger partial charge >= 0.3 is 5.97 Å². The Labute approximate surface area is 151 Å². The number of ether oxygens (including phenoxy) is 1. The third-order valence-corrected chi connectivity index (χ3v) is 4.39. The summed E-state index contributed by atoms with van der Waals surface area (Å²) in [5, 5.41) is 0.637. The lowest BCUT2D eigenvalue weighted by molar-refractivity contribution is -0.146. The van der Waals surface area contributed by atoms with Crippen LogP contribution in [0.25, 0.3) is 6.08 Å². The van der Waals surface area contributed by atoms with Gasteiger partial charge in [-0.1, -0.05) is 48.0 Å². The number of hydrogen-bond donors (Lipinski definition) is 0. The standard InChI is InChI=1S/C20H18ClNO3/c1-14(23)22-11-10-16-4-2-3-5-18(16)19(22)12-20(24)25-13-15-6-8-17(21)9-7-15/h2-11,19H,12-13H2,1H3/t19-/m0/s1. The Morgan fingerprint density at radius 2 is 1.84 bits per heavy atom. The van der Waals surface area contributed by atoms with E-state index in [1.165, 1.54) is 6.92 Å². The number of carbonyl (C=O) groups excluding carboxylic acids is 2. The zero-order valence-electron chi connectivity index (χ0n) is 13.8. The number of fused-ring (bicyclic) bond motifs is 1. The van der Waals surface area contributed by atoms with Gasteiger partial charge in [0, 0.05) is 18.1 Å². The van der Waals surface area contributed by atoms with Crippen molar-refractivity contribution in [2.24, 2.45) is 0 Å². The van der Waals surface area contributed by atoms with Crippen molar-refractivity contribution in [1.29, 1.82) is 0 Å². The van der Waals surface area contributed by atoms with Gasteiger partial charge in [-0.15, -0.1) is 0 Å². The van der Waals surface area contributed by atoms with E-state index < -0.39 is 0 Å². The van der Waals surface area contributed by atoms with Gasteiger partial charge in [-0.2, -0.15) is 0 Å². The average molecular weight is 356 g/mol. The van der Waals surface area contributed by atoms with Crippen LogP contribution < -0.4 is 0 Å². The maximum absolute atomic E-state index is 12.3. The quantitative estimate of drug-likeness (QED) is 0.766. The zero-order valence-corrected chi connectivity index (χ0v) is 14.6. The number of benzene rings is 2. The molecule has 1 atom stereocenters. The fourth-order valence-electron chi connectivity index (χ4n) is 2.87. The van der Waals surface area contributed by atoms with Crippen molar-refractivity contribution in [3.8, 4) is 0 Å². The molecule has 0 aliphatic carbocycles. The Morgan fingerprint density at radius 1 is 1.12 bits per heavy atom. The molecule has 0 radical (unpaired) electrons. The largest absolute Gasteiger partial charge is 0.461 e. The second-order valence-corrected chi connectivity index (χ2v) is 6.31. The van der Waals surface area contributed by atoms with Crippen molar-refractivity contribution in [2.45, 2.75) is 26.0 Å². The summed E-state index contributed by atoms with van der Waals surface area (Å²) in [6.07, 6.45) is 3.71. The first-order chi connectivity index (χ1) is 12.0. The van der Waals surface area contributed by atoms with Crippen LogP contribution in [0.3, 0.4) is 0 Å². The number of nitrogens with zero attached hydrogens (tertiary/aromatic N) is 1. The first-order valence-electron chi connectivity index (χ1n) is 8.00. The van der Waals surface area contributed by atoms with Gasteiger partial charge < -0.3 is 9.64 Å². The van der Waals surface area contributed by atoms with E-state index in [4.69, 9.17) is 16.3 Å². The number of amides is 1. The van der Waals surface area contributed by atoms with Crippen LogP contribution in [0.4, 0.5) is 0 Å². The molecule has 2 aromatic carbocycles. The van der Waals surface area contributed by atoms with Gasteiger partial charge in [0.15, 0.2) is 0 Å². The molecule has 0 spiro atoms. The summed E-state index contributed by atoms with van der Waals surface area (Å²) in [7, 11) is 0. The maximum atomic E-state index is 12.3. The SMILES string of the molecule is CC(=O)N1C=Cc2ccccc2[C@@H]1CC(=O)OCc1ccc(Cl)cc1. The van der Waals surface area contributed by atoms with Crippen molar-refractivity contribution in [3.63, 3.8) is 0 Å². The summed E-state index contributed by atoms with van der Waals surface area (Å²) in [4.78, 5) is 25.8. The Hall–Kier alpha value is -2.59. The van der Waals surface area contributed by atoms with E-state index in [9.17, 15) is 9.59 Å². The molecule has 5 heteroatoms. The molecule has 0 N–H and O–H groups in total. The molecular weight excluding hydrogens is 338 g/mol. The fraction of sp³-hybridized carbons (Fsp3) is 0.200. The van der Waals surface area contributed by atoms with Crippen molar-refractivity contribution >= 4 is 29.6 Å². The van der Waals surface area contributed by atoms with E-state index in [0.717, 1.165) is 16.7 Å². The minimum atomic E-state index is -0.351. The highest BCUT2D eigenvalue weighted by atomic mass is 35.5. The molecule has 3 rings (SSSR count). The highest BCUT2D eigenvalue weighted by Crippen LogP contribution is 2.33. The summed E-state index contributed by atoms with van der Waals surface area (Å²) in [5.41, 5.74) is 2.82. The Morgan fingerprint density at radius 3 is 2.56 bits per heavy atom. The third kappa shape index (κ3) is 4.09. The Kier molecular flexibility index (Phi) is 5.19. The Bertz CT molecular complexity index is 814. The second kappa shape index (κ2) is 7.53. The van der Waals surface area contributed by atoms with Crippen LogP contribution in [-0.2, 0) is 20.9 Å². The molecule has 0 aromatic heterocycles. The van der Waals surface area contributed by atoms with Gasteiger partial charge in [-0.05, 0) is 34.9 Å². The van der Waals surface area contributed by atoms with Crippen LogP contribution in [0.2, 0.25) is 5.02 Å². The summed E-state index contributed by atoms with van der Waals surface area (Å²) in [5.74, 6) is -0.461. The van der Waals surface area contributed by atoms with Crippen molar-refractivity contribution in [1.82, 2.24) is 4.90 Å². The van der Waals surface area contributed by atoms with E-state index in [-0.39, 0.29) is 30.9 Å². The summed E-state index contributed by atoms with van der Waals surface area (Å²) in [6.45, 7) is 1.67. The topological polar surface area (TPSA) is 46.6 Å². The molecule has 128 valence electrons. The first-order valence-corrected chi connectivity index (χ1v) is 8.38. The summed E-state index contributed by atoms with van der Waals surface area (Å²) in [6, 6.07) is 14.5. The molecule has 0 saturated heterocycles. The smallest absolute Gasteiger partial charge is 0.308 e. The van der Waals surface area contributed by atoms with Crippen LogP contribution in [0.1, 0.15) is 36.1 Å². The van der Waals surface area contributed by atoms with Gasteiger partial charge in [-0.3, -0.25) is 9.59 Å². The van der Waals surface area contributed by atoms with Crippen LogP contribution in [0.15, 0.2) is 54.7 Å². The number of halogens is 1. The average Bonchev–Trinajstić information content (AvgIpc) is 2.61. The predicted octanol–water partition coefficient (Wildman–Crippen LogP) is 4.35. The van der Waals surface area contributed by atoms with Gasteiger partial charge in [0.1, 0.15) is 6.61 Å². The zero-order chi connectivity index (χ0) is 17.8. The number of carbonyl (C=O) groups is 2. The van der Waals surface area contributed by atoms with E-state index in [2.05, 4.69) is 0 Å². The van der Waals surface area contributed by atoms with Crippen LogP contribution in [0, 0.1) is 0 Å². The van der Waals surface area contributed by atoms with Crippen LogP contribution >= 0.6 is 11.6 Å². The summed E-state index contributed by atoms with van der Waals surface area (Å²) >= 11 is 5.85. The number of hydrogen-bond acceptors (Lipinski definition) is 3. The predicted molar refractivity (Wildman–Crippen MR) is 96.6 cm³/mol. The van der Waals surface area contributed by atoms with Crippen LogP contribution in [-0.4, -0.2) is 16.8 Å². The van der Waals surface area contributed by atoms with Crippen molar-refractivity contribution in [3.05, 3.63) is 76.4 Å². The molecular formula is C20H18ClNO3. The first kappa shape index (κ1) is 17.2. The highest BCUT2D eigenvalue weighted by molar-refractivity contribution is 6.30. The monoisotopic (exact) mass is 355 g/mol.